The highest BCUT2D eigenvalue weighted by molar-refractivity contribution is 5.95. The van der Waals surface area contributed by atoms with E-state index in [1.807, 2.05) is 35.2 Å². The number of methoxy groups -OCH3 is 2. The maximum absolute atomic E-state index is 13.1. The Bertz CT molecular complexity index is 805. The predicted octanol–water partition coefficient (Wildman–Crippen LogP) is 3.55. The fourth-order valence-electron chi connectivity index (χ4n) is 3.76. The monoisotopic (exact) mass is 382 g/mol. The molecule has 1 heterocycles. The minimum Gasteiger partial charge on any atom is -0.493 e. The minimum atomic E-state index is 0.163. The van der Waals surface area contributed by atoms with Gasteiger partial charge in [0.25, 0.3) is 0 Å². The van der Waals surface area contributed by atoms with Gasteiger partial charge < -0.3 is 19.3 Å². The van der Waals surface area contributed by atoms with E-state index in [4.69, 9.17) is 9.47 Å². The Morgan fingerprint density at radius 1 is 1.11 bits per heavy atom. The predicted molar refractivity (Wildman–Crippen MR) is 112 cm³/mol. The maximum atomic E-state index is 13.1. The largest absolute Gasteiger partial charge is 0.493 e. The summed E-state index contributed by atoms with van der Waals surface area (Å²) in [6.45, 7) is 0.694. The SMILES string of the molecule is COc1cc2c(cc1OC)N(C(=O)CCCc1ccccc1)CC(N(C)C)C2. The molecule has 3 rings (SSSR count). The number of likely N-dealkylation sites (N-methyl/N-ethyl adjacent to an activating group) is 1. The van der Waals surface area contributed by atoms with Gasteiger partial charge in [0.15, 0.2) is 11.5 Å². The van der Waals surface area contributed by atoms with E-state index in [0.29, 0.717) is 24.5 Å². The summed E-state index contributed by atoms with van der Waals surface area (Å²) in [5.41, 5.74) is 3.34. The zero-order chi connectivity index (χ0) is 20.1. The Hall–Kier alpha value is -2.53. The molecule has 0 aromatic heterocycles. The lowest BCUT2D eigenvalue weighted by Gasteiger charge is -2.38. The number of amides is 1. The second-order valence-electron chi connectivity index (χ2n) is 7.50. The lowest BCUT2D eigenvalue weighted by Crippen LogP contribution is -2.48. The second kappa shape index (κ2) is 9.11. The van der Waals surface area contributed by atoms with E-state index in [1.165, 1.54) is 5.56 Å². The van der Waals surface area contributed by atoms with Crippen LogP contribution in [0.2, 0.25) is 0 Å². The molecular weight excluding hydrogens is 352 g/mol. The molecule has 5 heteroatoms. The number of rotatable bonds is 7. The van der Waals surface area contributed by atoms with Crippen molar-refractivity contribution in [1.82, 2.24) is 4.90 Å². The van der Waals surface area contributed by atoms with Gasteiger partial charge in [0.2, 0.25) is 5.91 Å². The van der Waals surface area contributed by atoms with Gasteiger partial charge in [-0.15, -0.1) is 0 Å². The summed E-state index contributed by atoms with van der Waals surface area (Å²) in [6, 6.07) is 14.5. The van der Waals surface area contributed by atoms with E-state index < -0.39 is 0 Å². The number of aryl methyl sites for hydroxylation is 1. The molecule has 2 aromatic carbocycles. The zero-order valence-electron chi connectivity index (χ0n) is 17.3. The van der Waals surface area contributed by atoms with Crippen LogP contribution in [0, 0.1) is 0 Å². The van der Waals surface area contributed by atoms with E-state index in [2.05, 4.69) is 31.1 Å². The highest BCUT2D eigenvalue weighted by Crippen LogP contribution is 2.38. The third-order valence-electron chi connectivity index (χ3n) is 5.45. The van der Waals surface area contributed by atoms with Gasteiger partial charge in [0.05, 0.1) is 19.9 Å². The van der Waals surface area contributed by atoms with E-state index in [0.717, 1.165) is 30.5 Å². The molecule has 1 amide bonds. The zero-order valence-corrected chi connectivity index (χ0v) is 17.3. The Morgan fingerprint density at radius 2 is 1.79 bits per heavy atom. The lowest BCUT2D eigenvalue weighted by molar-refractivity contribution is -0.119. The molecule has 0 radical (unpaired) electrons. The van der Waals surface area contributed by atoms with Gasteiger partial charge in [-0.05, 0) is 50.6 Å². The molecule has 150 valence electrons. The number of ether oxygens (including phenoxy) is 2. The number of fused-ring (bicyclic) bond motifs is 1. The van der Waals surface area contributed by atoms with Crippen LogP contribution in [0.1, 0.15) is 24.0 Å². The molecule has 0 bridgehead atoms. The van der Waals surface area contributed by atoms with Crippen LogP contribution in [0.5, 0.6) is 11.5 Å². The fraction of sp³-hybridized carbons (Fsp3) is 0.435. The van der Waals surface area contributed by atoms with Crippen LogP contribution in [0.15, 0.2) is 42.5 Å². The van der Waals surface area contributed by atoms with Crippen LogP contribution in [0.3, 0.4) is 0 Å². The first-order chi connectivity index (χ1) is 13.5. The van der Waals surface area contributed by atoms with Gasteiger partial charge in [-0.1, -0.05) is 30.3 Å². The summed E-state index contributed by atoms with van der Waals surface area (Å²) in [5.74, 6) is 1.53. The van der Waals surface area contributed by atoms with Crippen molar-refractivity contribution < 1.29 is 14.3 Å². The average molecular weight is 383 g/mol. The first-order valence-corrected chi connectivity index (χ1v) is 9.79. The molecule has 1 atom stereocenters. The van der Waals surface area contributed by atoms with E-state index in [-0.39, 0.29) is 11.9 Å². The van der Waals surface area contributed by atoms with Gasteiger partial charge >= 0.3 is 0 Å². The molecule has 1 aliphatic heterocycles. The van der Waals surface area contributed by atoms with E-state index >= 15 is 0 Å². The molecule has 0 saturated heterocycles. The van der Waals surface area contributed by atoms with Crippen molar-refractivity contribution in [3.05, 3.63) is 53.6 Å². The quantitative estimate of drug-likeness (QED) is 0.734. The first-order valence-electron chi connectivity index (χ1n) is 9.79. The summed E-state index contributed by atoms with van der Waals surface area (Å²) in [4.78, 5) is 17.2. The molecule has 28 heavy (non-hydrogen) atoms. The van der Waals surface area contributed by atoms with Crippen molar-refractivity contribution in [3.63, 3.8) is 0 Å². The average Bonchev–Trinajstić information content (AvgIpc) is 2.72. The summed E-state index contributed by atoms with van der Waals surface area (Å²) < 4.78 is 10.9. The molecule has 0 fully saturated rings. The molecule has 0 spiro atoms. The number of anilines is 1. The summed E-state index contributed by atoms with van der Waals surface area (Å²) >= 11 is 0. The molecule has 5 nitrogen and oxygen atoms in total. The Balaban J connectivity index is 1.79. The number of carbonyl (C=O) groups is 1. The molecule has 1 aliphatic rings. The summed E-state index contributed by atoms with van der Waals surface area (Å²) in [5, 5.41) is 0. The van der Waals surface area contributed by atoms with Crippen LogP contribution >= 0.6 is 0 Å². The number of carbonyl (C=O) groups excluding carboxylic acids is 1. The van der Waals surface area contributed by atoms with E-state index in [1.54, 1.807) is 14.2 Å². The molecular formula is C23H30N2O3. The van der Waals surface area contributed by atoms with Crippen LogP contribution in [0.4, 0.5) is 5.69 Å². The van der Waals surface area contributed by atoms with Gasteiger partial charge in [0.1, 0.15) is 0 Å². The van der Waals surface area contributed by atoms with Crippen molar-refractivity contribution in [2.75, 3.05) is 39.8 Å². The molecule has 1 unspecified atom stereocenters. The van der Waals surface area contributed by atoms with Gasteiger partial charge in [-0.3, -0.25) is 4.79 Å². The third kappa shape index (κ3) is 4.47. The van der Waals surface area contributed by atoms with Crippen LogP contribution in [-0.4, -0.2) is 51.7 Å². The smallest absolute Gasteiger partial charge is 0.227 e. The molecule has 2 aromatic rings. The standard InChI is InChI=1S/C23H30N2O3/c1-24(2)19-13-18-14-21(27-3)22(28-4)15-20(18)25(16-19)23(26)12-8-11-17-9-6-5-7-10-17/h5-7,9-10,14-15,19H,8,11-13,16H2,1-4H3. The van der Waals surface area contributed by atoms with Crippen molar-refractivity contribution in [2.24, 2.45) is 0 Å². The van der Waals surface area contributed by atoms with Crippen molar-refractivity contribution >= 4 is 11.6 Å². The van der Waals surface area contributed by atoms with Gasteiger partial charge in [-0.2, -0.15) is 0 Å². The maximum Gasteiger partial charge on any atom is 0.227 e. The van der Waals surface area contributed by atoms with Crippen molar-refractivity contribution in [2.45, 2.75) is 31.7 Å². The minimum absolute atomic E-state index is 0.163. The summed E-state index contributed by atoms with van der Waals surface area (Å²) in [7, 11) is 7.40. The second-order valence-corrected chi connectivity index (χ2v) is 7.50. The highest BCUT2D eigenvalue weighted by atomic mass is 16.5. The normalized spacial score (nSPS) is 16.0. The van der Waals surface area contributed by atoms with Gasteiger partial charge in [-0.25, -0.2) is 0 Å². The third-order valence-corrected chi connectivity index (χ3v) is 5.45. The highest BCUT2D eigenvalue weighted by Gasteiger charge is 2.30. The topological polar surface area (TPSA) is 42.0 Å². The fourth-order valence-corrected chi connectivity index (χ4v) is 3.76. The van der Waals surface area contributed by atoms with E-state index in [9.17, 15) is 4.79 Å². The molecule has 0 aliphatic carbocycles. The Labute approximate surface area is 167 Å². The van der Waals surface area contributed by atoms with Gasteiger partial charge in [0, 0.05) is 25.1 Å². The number of benzene rings is 2. The number of hydrogen-bond acceptors (Lipinski definition) is 4. The first kappa shape index (κ1) is 20.2. The van der Waals surface area contributed by atoms with Crippen LogP contribution < -0.4 is 14.4 Å². The molecule has 0 saturated carbocycles. The van der Waals surface area contributed by atoms with Crippen LogP contribution in [-0.2, 0) is 17.6 Å². The van der Waals surface area contributed by atoms with Crippen molar-refractivity contribution in [3.8, 4) is 11.5 Å². The van der Waals surface area contributed by atoms with Crippen LogP contribution in [0.25, 0.3) is 0 Å². The van der Waals surface area contributed by atoms with Crippen molar-refractivity contribution in [1.29, 1.82) is 0 Å². The Morgan fingerprint density at radius 3 is 2.43 bits per heavy atom. The lowest BCUT2D eigenvalue weighted by atomic mass is 9.95. The number of hydrogen-bond donors (Lipinski definition) is 0. The Kier molecular flexibility index (Phi) is 6.57. The number of nitrogens with zero attached hydrogens (tertiary/aromatic N) is 2. The summed E-state index contributed by atoms with van der Waals surface area (Å²) in [6.07, 6.45) is 3.17. The molecule has 0 N–H and O–H groups in total.